The Labute approximate surface area is 165 Å². The fourth-order valence-electron chi connectivity index (χ4n) is 3.93. The predicted molar refractivity (Wildman–Crippen MR) is 101 cm³/mol. The van der Waals surface area contributed by atoms with Crippen LogP contribution in [0.2, 0.25) is 0 Å². The van der Waals surface area contributed by atoms with Crippen LogP contribution in [0.3, 0.4) is 0 Å². The number of likely N-dealkylation sites (tertiary alicyclic amines) is 2. The molecule has 156 valence electrons. The molecule has 1 N–H and O–H groups in total. The fourth-order valence-corrected chi connectivity index (χ4v) is 3.93. The highest BCUT2D eigenvalue weighted by Gasteiger charge is 2.35. The molecule has 0 unspecified atom stereocenters. The first-order valence-electron chi connectivity index (χ1n) is 9.85. The van der Waals surface area contributed by atoms with Crippen molar-refractivity contribution < 1.29 is 28.5 Å². The van der Waals surface area contributed by atoms with Crippen LogP contribution < -0.4 is 9.47 Å². The van der Waals surface area contributed by atoms with Gasteiger partial charge in [0.05, 0.1) is 13.7 Å². The molecule has 0 spiro atoms. The number of hydrogen-bond donors (Lipinski definition) is 1. The van der Waals surface area contributed by atoms with E-state index in [9.17, 15) is 14.3 Å². The molecule has 2 atom stereocenters. The number of methoxy groups -OCH3 is 1. The van der Waals surface area contributed by atoms with E-state index in [0.29, 0.717) is 50.2 Å². The van der Waals surface area contributed by atoms with Gasteiger partial charge in [0.1, 0.15) is 18.0 Å². The van der Waals surface area contributed by atoms with Crippen molar-refractivity contribution in [3.05, 3.63) is 24.0 Å². The van der Waals surface area contributed by atoms with Crippen LogP contribution in [-0.2, 0) is 4.74 Å². The molecule has 1 amide bonds. The largest absolute Gasteiger partial charge is 0.493 e. The molecule has 2 heterocycles. The topological polar surface area (TPSA) is 71.5 Å². The Morgan fingerprint density at radius 1 is 1.21 bits per heavy atom. The summed E-state index contributed by atoms with van der Waals surface area (Å²) in [5.41, 5.74) is 0. The van der Waals surface area contributed by atoms with Gasteiger partial charge in [-0.1, -0.05) is 0 Å². The van der Waals surface area contributed by atoms with Gasteiger partial charge >= 0.3 is 6.09 Å². The van der Waals surface area contributed by atoms with Crippen molar-refractivity contribution in [3.8, 4) is 11.5 Å². The second kappa shape index (κ2) is 9.43. The van der Waals surface area contributed by atoms with E-state index >= 15 is 0 Å². The number of piperidine rings is 2. The smallest absolute Gasteiger partial charge is 0.409 e. The molecule has 0 aliphatic carbocycles. The standard InChI is InChI=1S/C20H29FN2O5/c1-3-27-20(25)22-9-6-15(7-10-22)23-11-8-17(16(24)13-23)28-18-5-4-14(21)12-19(18)26-2/h4-5,12,15-17,24H,3,6-11,13H2,1-2H3/t16-,17-/m1/s1. The Morgan fingerprint density at radius 3 is 2.61 bits per heavy atom. The number of aliphatic hydroxyl groups is 1. The maximum atomic E-state index is 13.3. The van der Waals surface area contributed by atoms with Gasteiger partial charge < -0.3 is 24.2 Å². The maximum absolute atomic E-state index is 13.3. The minimum Gasteiger partial charge on any atom is -0.493 e. The third kappa shape index (κ3) is 4.86. The maximum Gasteiger partial charge on any atom is 0.409 e. The van der Waals surface area contributed by atoms with Crippen LogP contribution in [0.15, 0.2) is 18.2 Å². The molecule has 1 aromatic carbocycles. The van der Waals surface area contributed by atoms with Gasteiger partial charge in [0.2, 0.25) is 0 Å². The summed E-state index contributed by atoms with van der Waals surface area (Å²) in [4.78, 5) is 15.8. The molecule has 2 fully saturated rings. The van der Waals surface area contributed by atoms with Crippen molar-refractivity contribution in [2.45, 2.75) is 44.4 Å². The molecule has 0 bridgehead atoms. The van der Waals surface area contributed by atoms with Gasteiger partial charge in [-0.25, -0.2) is 9.18 Å². The molecule has 0 aromatic heterocycles. The number of nitrogens with zero attached hydrogens (tertiary/aromatic N) is 2. The molecule has 7 nitrogen and oxygen atoms in total. The van der Waals surface area contributed by atoms with Gasteiger partial charge in [0, 0.05) is 38.3 Å². The number of ether oxygens (including phenoxy) is 3. The Balaban J connectivity index is 1.51. The lowest BCUT2D eigenvalue weighted by atomic mass is 9.97. The van der Waals surface area contributed by atoms with Gasteiger partial charge in [-0.05, 0) is 38.3 Å². The lowest BCUT2D eigenvalue weighted by molar-refractivity contribution is -0.0450. The van der Waals surface area contributed by atoms with E-state index in [4.69, 9.17) is 14.2 Å². The summed E-state index contributed by atoms with van der Waals surface area (Å²) in [6.07, 6.45) is 1.13. The average molecular weight is 396 g/mol. The first-order chi connectivity index (χ1) is 13.5. The molecule has 28 heavy (non-hydrogen) atoms. The van der Waals surface area contributed by atoms with Crippen molar-refractivity contribution in [1.82, 2.24) is 9.80 Å². The van der Waals surface area contributed by atoms with Crippen LogP contribution in [0.4, 0.5) is 9.18 Å². The van der Waals surface area contributed by atoms with E-state index in [-0.39, 0.29) is 12.2 Å². The molecule has 8 heteroatoms. The van der Waals surface area contributed by atoms with Gasteiger partial charge in [0.25, 0.3) is 0 Å². The van der Waals surface area contributed by atoms with E-state index in [1.807, 2.05) is 0 Å². The van der Waals surface area contributed by atoms with Crippen LogP contribution in [-0.4, -0.2) is 79.1 Å². The van der Waals surface area contributed by atoms with E-state index in [1.165, 1.54) is 25.3 Å². The minimum atomic E-state index is -0.647. The van der Waals surface area contributed by atoms with Crippen LogP contribution in [0.5, 0.6) is 11.5 Å². The Morgan fingerprint density at radius 2 is 1.96 bits per heavy atom. The van der Waals surface area contributed by atoms with Gasteiger partial charge in [0.15, 0.2) is 11.5 Å². The predicted octanol–water partition coefficient (Wildman–Crippen LogP) is 2.27. The van der Waals surface area contributed by atoms with Crippen molar-refractivity contribution in [3.63, 3.8) is 0 Å². The molecular formula is C20H29FN2O5. The zero-order valence-corrected chi connectivity index (χ0v) is 16.5. The van der Waals surface area contributed by atoms with Crippen LogP contribution in [0.1, 0.15) is 26.2 Å². The van der Waals surface area contributed by atoms with Crippen LogP contribution in [0.25, 0.3) is 0 Å². The minimum absolute atomic E-state index is 0.249. The van der Waals surface area contributed by atoms with Crippen LogP contribution in [0, 0.1) is 5.82 Å². The second-order valence-corrected chi connectivity index (χ2v) is 7.22. The first kappa shape index (κ1) is 20.7. The normalized spacial score (nSPS) is 24.1. The number of amides is 1. The molecule has 0 saturated carbocycles. The fraction of sp³-hybridized carbons (Fsp3) is 0.650. The second-order valence-electron chi connectivity index (χ2n) is 7.22. The third-order valence-electron chi connectivity index (χ3n) is 5.46. The lowest BCUT2D eigenvalue weighted by Crippen LogP contribution is -2.55. The summed E-state index contributed by atoms with van der Waals surface area (Å²) in [5.74, 6) is 0.360. The number of aliphatic hydroxyl groups excluding tert-OH is 1. The molecule has 3 rings (SSSR count). The summed E-state index contributed by atoms with van der Waals surface area (Å²) < 4.78 is 29.5. The van der Waals surface area contributed by atoms with Crippen molar-refractivity contribution in [2.24, 2.45) is 0 Å². The van der Waals surface area contributed by atoms with E-state index in [1.54, 1.807) is 11.8 Å². The quantitative estimate of drug-likeness (QED) is 0.823. The molecule has 0 radical (unpaired) electrons. The summed E-state index contributed by atoms with van der Waals surface area (Å²) in [5, 5.41) is 10.6. The SMILES string of the molecule is CCOC(=O)N1CCC(N2CC[C@@H](Oc3ccc(F)cc3OC)[C@H](O)C2)CC1. The van der Waals surface area contributed by atoms with E-state index in [0.717, 1.165) is 19.4 Å². The highest BCUT2D eigenvalue weighted by molar-refractivity contribution is 5.67. The molecule has 2 saturated heterocycles. The van der Waals surface area contributed by atoms with Gasteiger partial charge in [-0.2, -0.15) is 0 Å². The molecular weight excluding hydrogens is 367 g/mol. The number of hydrogen-bond acceptors (Lipinski definition) is 6. The van der Waals surface area contributed by atoms with Crippen molar-refractivity contribution in [2.75, 3.05) is 39.9 Å². The third-order valence-corrected chi connectivity index (χ3v) is 5.46. The summed E-state index contributed by atoms with van der Waals surface area (Å²) in [6.45, 7) is 4.84. The first-order valence-corrected chi connectivity index (χ1v) is 9.85. The van der Waals surface area contributed by atoms with Crippen molar-refractivity contribution >= 4 is 6.09 Å². The van der Waals surface area contributed by atoms with Gasteiger partial charge in [-0.3, -0.25) is 4.90 Å². The summed E-state index contributed by atoms with van der Waals surface area (Å²) >= 11 is 0. The Hall–Kier alpha value is -2.06. The zero-order valence-electron chi connectivity index (χ0n) is 16.5. The summed E-state index contributed by atoms with van der Waals surface area (Å²) in [6, 6.07) is 4.45. The van der Waals surface area contributed by atoms with Crippen molar-refractivity contribution in [1.29, 1.82) is 0 Å². The van der Waals surface area contributed by atoms with Gasteiger partial charge in [-0.15, -0.1) is 0 Å². The number of carbonyl (C=O) groups is 1. The molecule has 2 aliphatic rings. The highest BCUT2D eigenvalue weighted by atomic mass is 19.1. The Kier molecular flexibility index (Phi) is 6.96. The molecule has 2 aliphatic heterocycles. The zero-order chi connectivity index (χ0) is 20.1. The highest BCUT2D eigenvalue weighted by Crippen LogP contribution is 2.31. The number of halogens is 1. The average Bonchev–Trinajstić information content (AvgIpc) is 2.71. The monoisotopic (exact) mass is 396 g/mol. The van der Waals surface area contributed by atoms with Crippen LogP contribution >= 0.6 is 0 Å². The number of carbonyl (C=O) groups excluding carboxylic acids is 1. The molecule has 1 aromatic rings. The summed E-state index contributed by atoms with van der Waals surface area (Å²) in [7, 11) is 1.46. The number of rotatable bonds is 5. The van der Waals surface area contributed by atoms with E-state index in [2.05, 4.69) is 4.90 Å². The lowest BCUT2D eigenvalue weighted by Gasteiger charge is -2.43. The Bertz CT molecular complexity index is 666. The number of benzene rings is 1. The number of β-amino-alcohol motifs (C(OH)–C–C–N with tert-alkyl or cyclic N) is 1. The van der Waals surface area contributed by atoms with E-state index < -0.39 is 11.9 Å².